The molecule has 0 saturated heterocycles. The van der Waals surface area contributed by atoms with E-state index >= 15 is 0 Å². The first kappa shape index (κ1) is 19.9. The maximum absolute atomic E-state index is 12.4. The van der Waals surface area contributed by atoms with Crippen molar-refractivity contribution in [2.24, 2.45) is 0 Å². The molecule has 0 aromatic heterocycles. The van der Waals surface area contributed by atoms with Crippen molar-refractivity contribution in [3.8, 4) is 5.75 Å². The first-order chi connectivity index (χ1) is 12.3. The molecule has 6 nitrogen and oxygen atoms in total. The second-order valence-corrected chi connectivity index (χ2v) is 6.42. The van der Waals surface area contributed by atoms with Crippen LogP contribution in [0.5, 0.6) is 5.75 Å². The zero-order chi connectivity index (χ0) is 19.3. The third kappa shape index (κ3) is 5.28. The third-order valence-corrected chi connectivity index (χ3v) is 4.02. The van der Waals surface area contributed by atoms with Crippen molar-refractivity contribution in [2.45, 2.75) is 19.9 Å². The highest BCUT2D eigenvalue weighted by Gasteiger charge is 2.16. The number of carbonyl (C=O) groups excluding carboxylic acids is 2. The molecule has 0 heterocycles. The molecule has 0 saturated carbocycles. The van der Waals surface area contributed by atoms with Crippen LogP contribution in [0.2, 0.25) is 10.0 Å². The lowest BCUT2D eigenvalue weighted by molar-refractivity contribution is -0.116. The van der Waals surface area contributed by atoms with Crippen LogP contribution in [0.3, 0.4) is 0 Å². The van der Waals surface area contributed by atoms with E-state index in [0.29, 0.717) is 32.9 Å². The molecule has 3 N–H and O–H groups in total. The van der Waals surface area contributed by atoms with E-state index in [0.717, 1.165) is 0 Å². The Morgan fingerprint density at radius 3 is 2.38 bits per heavy atom. The largest absolute Gasteiger partial charge is 0.495 e. The first-order valence-corrected chi connectivity index (χ1v) is 8.54. The number of anilines is 3. The Morgan fingerprint density at radius 1 is 1.04 bits per heavy atom. The van der Waals surface area contributed by atoms with Crippen molar-refractivity contribution in [3.05, 3.63) is 46.4 Å². The Kier molecular flexibility index (Phi) is 6.71. The second kappa shape index (κ2) is 8.78. The van der Waals surface area contributed by atoms with Crippen molar-refractivity contribution in [2.75, 3.05) is 23.1 Å². The number of rotatable bonds is 6. The zero-order valence-electron chi connectivity index (χ0n) is 14.5. The van der Waals surface area contributed by atoms with Crippen LogP contribution in [0.25, 0.3) is 0 Å². The van der Waals surface area contributed by atoms with Gasteiger partial charge in [0.1, 0.15) is 11.8 Å². The summed E-state index contributed by atoms with van der Waals surface area (Å²) in [4.78, 5) is 23.7. The number of hydrogen-bond donors (Lipinski definition) is 3. The van der Waals surface area contributed by atoms with Gasteiger partial charge in [0.05, 0.1) is 23.5 Å². The minimum atomic E-state index is -0.594. The van der Waals surface area contributed by atoms with E-state index in [2.05, 4.69) is 16.0 Å². The van der Waals surface area contributed by atoms with Gasteiger partial charge in [0.2, 0.25) is 11.8 Å². The van der Waals surface area contributed by atoms with Gasteiger partial charge in [-0.2, -0.15) is 0 Å². The molecule has 0 spiro atoms. The molecule has 2 aromatic rings. The molecule has 0 unspecified atom stereocenters. The number of ether oxygens (including phenoxy) is 1. The molecule has 0 fully saturated rings. The van der Waals surface area contributed by atoms with E-state index in [1.54, 1.807) is 43.3 Å². The highest BCUT2D eigenvalue weighted by molar-refractivity contribution is 6.36. The molecule has 2 rings (SSSR count). The van der Waals surface area contributed by atoms with Crippen LogP contribution in [-0.4, -0.2) is 25.0 Å². The van der Waals surface area contributed by atoms with Gasteiger partial charge in [0, 0.05) is 17.6 Å². The van der Waals surface area contributed by atoms with Gasteiger partial charge in [-0.3, -0.25) is 9.59 Å². The van der Waals surface area contributed by atoms with Crippen molar-refractivity contribution >= 4 is 52.1 Å². The van der Waals surface area contributed by atoms with Crippen molar-refractivity contribution in [1.29, 1.82) is 0 Å². The van der Waals surface area contributed by atoms with E-state index in [-0.39, 0.29) is 11.8 Å². The molecule has 0 bridgehead atoms. The summed E-state index contributed by atoms with van der Waals surface area (Å²) in [5, 5.41) is 9.33. The molecule has 138 valence electrons. The summed E-state index contributed by atoms with van der Waals surface area (Å²) in [5.41, 5.74) is 1.63. The summed E-state index contributed by atoms with van der Waals surface area (Å²) >= 11 is 11.9. The summed E-state index contributed by atoms with van der Waals surface area (Å²) in [6.45, 7) is 3.12. The van der Waals surface area contributed by atoms with Crippen LogP contribution in [-0.2, 0) is 9.59 Å². The van der Waals surface area contributed by atoms with E-state index in [1.807, 2.05) is 0 Å². The number of nitrogens with one attached hydrogen (secondary N) is 3. The fourth-order valence-corrected chi connectivity index (χ4v) is 2.69. The predicted molar refractivity (Wildman–Crippen MR) is 105 cm³/mol. The van der Waals surface area contributed by atoms with E-state index < -0.39 is 6.04 Å². The van der Waals surface area contributed by atoms with Gasteiger partial charge in [-0.15, -0.1) is 0 Å². The van der Waals surface area contributed by atoms with Gasteiger partial charge < -0.3 is 20.7 Å². The van der Waals surface area contributed by atoms with Gasteiger partial charge in [-0.05, 0) is 43.3 Å². The predicted octanol–water partition coefficient (Wildman–Crippen LogP) is 4.40. The van der Waals surface area contributed by atoms with E-state index in [4.69, 9.17) is 27.9 Å². The molecular formula is C18H19Cl2N3O3. The Balaban J connectivity index is 2.13. The lowest BCUT2D eigenvalue weighted by Crippen LogP contribution is -2.32. The smallest absolute Gasteiger partial charge is 0.246 e. The molecule has 0 radical (unpaired) electrons. The topological polar surface area (TPSA) is 79.5 Å². The van der Waals surface area contributed by atoms with Crippen molar-refractivity contribution in [1.82, 2.24) is 0 Å². The minimum Gasteiger partial charge on any atom is -0.495 e. The SMILES string of the molecule is COc1ccc(NC(C)=O)cc1N[C@@H](C)C(=O)Nc1ccc(Cl)cc1Cl. The summed E-state index contributed by atoms with van der Waals surface area (Å²) in [6.07, 6.45) is 0. The highest BCUT2D eigenvalue weighted by atomic mass is 35.5. The molecule has 26 heavy (non-hydrogen) atoms. The molecule has 1 atom stereocenters. The Labute approximate surface area is 161 Å². The van der Waals surface area contributed by atoms with E-state index in [9.17, 15) is 9.59 Å². The van der Waals surface area contributed by atoms with Gasteiger partial charge in [-0.25, -0.2) is 0 Å². The average molecular weight is 396 g/mol. The molecule has 2 amide bonds. The van der Waals surface area contributed by atoms with Crippen molar-refractivity contribution in [3.63, 3.8) is 0 Å². The van der Waals surface area contributed by atoms with Crippen LogP contribution in [0.4, 0.5) is 17.1 Å². The molecule has 0 aliphatic carbocycles. The van der Waals surface area contributed by atoms with Crippen LogP contribution >= 0.6 is 23.2 Å². The number of carbonyl (C=O) groups is 2. The summed E-state index contributed by atoms with van der Waals surface area (Å²) in [6, 6.07) is 9.34. The van der Waals surface area contributed by atoms with Gasteiger partial charge in [0.15, 0.2) is 0 Å². The van der Waals surface area contributed by atoms with Gasteiger partial charge >= 0.3 is 0 Å². The molecule has 0 aliphatic heterocycles. The monoisotopic (exact) mass is 395 g/mol. The van der Waals surface area contributed by atoms with Crippen LogP contribution in [0, 0.1) is 0 Å². The number of halogens is 2. The lowest BCUT2D eigenvalue weighted by Gasteiger charge is -2.18. The molecule has 0 aliphatic rings. The summed E-state index contributed by atoms with van der Waals surface area (Å²) < 4.78 is 5.29. The summed E-state index contributed by atoms with van der Waals surface area (Å²) in [7, 11) is 1.52. The van der Waals surface area contributed by atoms with Crippen LogP contribution in [0.15, 0.2) is 36.4 Å². The fraction of sp³-hybridized carbons (Fsp3) is 0.222. The zero-order valence-corrected chi connectivity index (χ0v) is 16.0. The Bertz CT molecular complexity index is 827. The average Bonchev–Trinajstić information content (AvgIpc) is 2.57. The fourth-order valence-electron chi connectivity index (χ4n) is 2.23. The Morgan fingerprint density at radius 2 is 1.77 bits per heavy atom. The lowest BCUT2D eigenvalue weighted by atomic mass is 10.2. The molecule has 2 aromatic carbocycles. The quantitative estimate of drug-likeness (QED) is 0.676. The van der Waals surface area contributed by atoms with Gasteiger partial charge in [-0.1, -0.05) is 23.2 Å². The second-order valence-electron chi connectivity index (χ2n) is 5.58. The van der Waals surface area contributed by atoms with Crippen LogP contribution in [0.1, 0.15) is 13.8 Å². The number of methoxy groups -OCH3 is 1. The maximum Gasteiger partial charge on any atom is 0.246 e. The standard InChI is InChI=1S/C18H19Cl2N3O3/c1-10(18(25)23-15-6-4-12(19)8-14(15)20)21-16-9-13(22-11(2)24)5-7-17(16)26-3/h4-10,21H,1-3H3,(H,22,24)(H,23,25)/t10-/m0/s1. The number of amides is 2. The summed E-state index contributed by atoms with van der Waals surface area (Å²) in [5.74, 6) is 0.0637. The molecular weight excluding hydrogens is 377 g/mol. The first-order valence-electron chi connectivity index (χ1n) is 7.78. The number of benzene rings is 2. The third-order valence-electron chi connectivity index (χ3n) is 3.47. The van der Waals surface area contributed by atoms with Crippen LogP contribution < -0.4 is 20.7 Å². The Hall–Kier alpha value is -2.44. The maximum atomic E-state index is 12.4. The number of hydrogen-bond acceptors (Lipinski definition) is 4. The van der Waals surface area contributed by atoms with Crippen molar-refractivity contribution < 1.29 is 14.3 Å². The minimum absolute atomic E-state index is 0.190. The normalized spacial score (nSPS) is 11.4. The molecule has 8 heteroatoms. The highest BCUT2D eigenvalue weighted by Crippen LogP contribution is 2.29. The van der Waals surface area contributed by atoms with E-state index in [1.165, 1.54) is 14.0 Å². The van der Waals surface area contributed by atoms with Gasteiger partial charge in [0.25, 0.3) is 0 Å².